The molecule has 28 heavy (non-hydrogen) atoms. The summed E-state index contributed by atoms with van der Waals surface area (Å²) in [5.41, 5.74) is 7.00. The Bertz CT molecular complexity index is 1160. The van der Waals surface area contributed by atoms with Crippen molar-refractivity contribution in [3.05, 3.63) is 67.0 Å². The number of benzene rings is 2. The van der Waals surface area contributed by atoms with Crippen LogP contribution in [-0.4, -0.2) is 6.73 Å². The van der Waals surface area contributed by atoms with E-state index in [9.17, 15) is 4.79 Å². The number of hydrogen-bond acceptors (Lipinski definition) is 4. The molecule has 1 aromatic heterocycles. The number of aryl methyl sites for hydroxylation is 3. The maximum Gasteiger partial charge on any atom is 0.339 e. The van der Waals surface area contributed by atoms with Crippen LogP contribution in [0.4, 0.5) is 5.69 Å². The smallest absolute Gasteiger partial charge is 0.339 e. The molecule has 4 nitrogen and oxygen atoms in total. The molecule has 0 N–H and O–H groups in total. The minimum Gasteiger partial charge on any atom is -0.472 e. The number of anilines is 1. The first-order valence-corrected chi connectivity index (χ1v) is 10.6. The van der Waals surface area contributed by atoms with Crippen molar-refractivity contribution in [3.63, 3.8) is 0 Å². The third kappa shape index (κ3) is 2.75. The zero-order valence-electron chi connectivity index (χ0n) is 16.1. The lowest BCUT2D eigenvalue weighted by molar-refractivity contribution is 0.287. The van der Waals surface area contributed by atoms with Gasteiger partial charge in [-0.1, -0.05) is 15.9 Å². The molecule has 0 saturated heterocycles. The first-order valence-electron chi connectivity index (χ1n) is 9.78. The van der Waals surface area contributed by atoms with Gasteiger partial charge in [0.15, 0.2) is 6.73 Å². The molecule has 1 aliphatic carbocycles. The van der Waals surface area contributed by atoms with Gasteiger partial charge in [-0.05, 0) is 74.9 Å². The molecule has 5 rings (SSSR count). The lowest BCUT2D eigenvalue weighted by Crippen LogP contribution is -2.32. The van der Waals surface area contributed by atoms with Gasteiger partial charge in [0.2, 0.25) is 0 Å². The van der Waals surface area contributed by atoms with Crippen molar-refractivity contribution in [1.29, 1.82) is 0 Å². The summed E-state index contributed by atoms with van der Waals surface area (Å²) in [5.74, 6) is 0.858. The van der Waals surface area contributed by atoms with Gasteiger partial charge in [0.05, 0.1) is 0 Å². The van der Waals surface area contributed by atoms with Gasteiger partial charge in [-0.15, -0.1) is 0 Å². The predicted molar refractivity (Wildman–Crippen MR) is 114 cm³/mol. The average Bonchev–Trinajstić information content (AvgIpc) is 2.71. The third-order valence-corrected chi connectivity index (χ3v) is 6.89. The normalized spacial score (nSPS) is 15.9. The predicted octanol–water partition coefficient (Wildman–Crippen LogP) is 5.41. The molecule has 0 unspecified atom stereocenters. The van der Waals surface area contributed by atoms with Gasteiger partial charge >= 0.3 is 5.63 Å². The molecule has 144 valence electrons. The van der Waals surface area contributed by atoms with Crippen LogP contribution in [0, 0.1) is 13.8 Å². The van der Waals surface area contributed by atoms with E-state index in [4.69, 9.17) is 9.15 Å². The highest BCUT2D eigenvalue weighted by molar-refractivity contribution is 9.10. The van der Waals surface area contributed by atoms with Gasteiger partial charge < -0.3 is 14.1 Å². The summed E-state index contributed by atoms with van der Waals surface area (Å²) in [5, 5.41) is 1.09. The van der Waals surface area contributed by atoms with Crippen LogP contribution in [-0.2, 0) is 19.4 Å². The van der Waals surface area contributed by atoms with Gasteiger partial charge in [-0.2, -0.15) is 0 Å². The van der Waals surface area contributed by atoms with Crippen LogP contribution in [0.3, 0.4) is 0 Å². The molecular formula is C23H22BrNO3. The fourth-order valence-corrected chi connectivity index (χ4v) is 4.74. The van der Waals surface area contributed by atoms with Gasteiger partial charge in [0.25, 0.3) is 0 Å². The second-order valence-electron chi connectivity index (χ2n) is 7.83. The quantitative estimate of drug-likeness (QED) is 0.475. The van der Waals surface area contributed by atoms with Crippen molar-refractivity contribution in [2.75, 3.05) is 11.6 Å². The molecule has 1 aliphatic heterocycles. The van der Waals surface area contributed by atoms with E-state index >= 15 is 0 Å². The van der Waals surface area contributed by atoms with E-state index in [-0.39, 0.29) is 5.63 Å². The largest absolute Gasteiger partial charge is 0.472 e. The number of ether oxygens (including phenoxy) is 1. The monoisotopic (exact) mass is 439 g/mol. The summed E-state index contributed by atoms with van der Waals surface area (Å²) in [4.78, 5) is 14.7. The summed E-state index contributed by atoms with van der Waals surface area (Å²) in [6, 6.07) is 8.55. The summed E-state index contributed by atoms with van der Waals surface area (Å²) in [6.45, 7) is 5.35. The maximum absolute atomic E-state index is 12.5. The van der Waals surface area contributed by atoms with Crippen molar-refractivity contribution in [1.82, 2.24) is 0 Å². The Morgan fingerprint density at radius 1 is 1.07 bits per heavy atom. The summed E-state index contributed by atoms with van der Waals surface area (Å²) in [7, 11) is 0. The first kappa shape index (κ1) is 17.8. The fourth-order valence-electron chi connectivity index (χ4n) is 4.49. The summed E-state index contributed by atoms with van der Waals surface area (Å²) < 4.78 is 13.0. The summed E-state index contributed by atoms with van der Waals surface area (Å²) in [6.07, 6.45) is 3.96. The van der Waals surface area contributed by atoms with Crippen LogP contribution in [0.2, 0.25) is 0 Å². The molecule has 2 aliphatic rings. The Labute approximate surface area is 172 Å². The molecule has 0 radical (unpaired) electrons. The standard InChI is InChI=1S/C23H22BrNO3/c1-13-9-16(7-8-20(13)24)25-11-15-10-19-17-5-3-4-6-18(17)23(26)28-22(19)14(2)21(15)27-12-25/h7-10H,3-6,11-12H2,1-2H3. The SMILES string of the molecule is Cc1cc(N2COc3c(cc4c5c(c(=O)oc4c3C)CCCC5)C2)ccc1Br. The minimum atomic E-state index is -0.173. The zero-order valence-corrected chi connectivity index (χ0v) is 17.7. The number of rotatable bonds is 1. The van der Waals surface area contributed by atoms with E-state index in [2.05, 4.69) is 52.0 Å². The van der Waals surface area contributed by atoms with Crippen LogP contribution in [0.1, 0.15) is 40.7 Å². The minimum absolute atomic E-state index is 0.173. The molecule has 0 atom stereocenters. The molecule has 0 amide bonds. The molecule has 3 aromatic rings. The lowest BCUT2D eigenvalue weighted by Gasteiger charge is -2.32. The van der Waals surface area contributed by atoms with Gasteiger partial charge in [-0.3, -0.25) is 0 Å². The molecule has 5 heteroatoms. The van der Waals surface area contributed by atoms with Crippen LogP contribution < -0.4 is 15.3 Å². The molecule has 2 heterocycles. The number of nitrogens with zero attached hydrogens (tertiary/aromatic N) is 1. The van der Waals surface area contributed by atoms with Crippen molar-refractivity contribution in [2.24, 2.45) is 0 Å². The van der Waals surface area contributed by atoms with Crippen molar-refractivity contribution in [2.45, 2.75) is 46.1 Å². The Balaban J connectivity index is 1.63. The lowest BCUT2D eigenvalue weighted by atomic mass is 9.89. The second-order valence-corrected chi connectivity index (χ2v) is 8.68. The highest BCUT2D eigenvalue weighted by Gasteiger charge is 2.26. The molecule has 0 fully saturated rings. The van der Waals surface area contributed by atoms with Crippen LogP contribution in [0.15, 0.2) is 37.9 Å². The molecular weight excluding hydrogens is 418 g/mol. The molecule has 0 saturated carbocycles. The van der Waals surface area contributed by atoms with Crippen LogP contribution in [0.25, 0.3) is 11.0 Å². The third-order valence-electron chi connectivity index (χ3n) is 6.00. The van der Waals surface area contributed by atoms with Crippen molar-refractivity contribution < 1.29 is 9.15 Å². The Kier molecular flexibility index (Phi) is 4.23. The molecule has 0 bridgehead atoms. The maximum atomic E-state index is 12.5. The van der Waals surface area contributed by atoms with Gasteiger partial charge in [-0.25, -0.2) is 4.79 Å². The highest BCUT2D eigenvalue weighted by atomic mass is 79.9. The van der Waals surface area contributed by atoms with Crippen LogP contribution in [0.5, 0.6) is 5.75 Å². The van der Waals surface area contributed by atoms with E-state index in [1.807, 2.05) is 6.92 Å². The Morgan fingerprint density at radius 2 is 1.86 bits per heavy atom. The number of hydrogen-bond donors (Lipinski definition) is 0. The molecule has 0 spiro atoms. The van der Waals surface area contributed by atoms with Crippen LogP contribution >= 0.6 is 15.9 Å². The Morgan fingerprint density at radius 3 is 2.64 bits per heavy atom. The van der Waals surface area contributed by atoms with Crippen molar-refractivity contribution in [3.8, 4) is 5.75 Å². The van der Waals surface area contributed by atoms with Gasteiger partial charge in [0.1, 0.15) is 11.3 Å². The fraction of sp³-hybridized carbons (Fsp3) is 0.348. The first-order chi connectivity index (χ1) is 13.5. The van der Waals surface area contributed by atoms with E-state index in [0.29, 0.717) is 12.3 Å². The Hall–Kier alpha value is -2.27. The van der Waals surface area contributed by atoms with E-state index in [0.717, 1.165) is 70.2 Å². The van der Waals surface area contributed by atoms with E-state index < -0.39 is 0 Å². The van der Waals surface area contributed by atoms with Gasteiger partial charge in [0, 0.05) is 38.8 Å². The molecule has 2 aromatic carbocycles. The zero-order chi connectivity index (χ0) is 19.4. The van der Waals surface area contributed by atoms with E-state index in [1.165, 1.54) is 11.1 Å². The topological polar surface area (TPSA) is 42.7 Å². The number of fused-ring (bicyclic) bond motifs is 4. The number of halogens is 1. The van der Waals surface area contributed by atoms with Crippen molar-refractivity contribution >= 4 is 32.6 Å². The summed E-state index contributed by atoms with van der Waals surface area (Å²) >= 11 is 3.57. The average molecular weight is 440 g/mol. The highest BCUT2D eigenvalue weighted by Crippen LogP contribution is 2.39. The van der Waals surface area contributed by atoms with E-state index in [1.54, 1.807) is 0 Å². The second kappa shape index (κ2) is 6.66.